The van der Waals surface area contributed by atoms with E-state index in [4.69, 9.17) is 9.47 Å². The standard InChI is InChI=1S/C23H20BrNO3/c1-27-21-13-9-20(10-14-21)25-23(26)15-6-17-4-11-22(12-5-17)28-16-18-2-7-19(24)8-3-18/h2-15H,16H2,1H3,(H,25,26)/b15-6+. The maximum Gasteiger partial charge on any atom is 0.248 e. The van der Waals surface area contributed by atoms with Gasteiger partial charge in [0.1, 0.15) is 18.1 Å². The molecule has 0 heterocycles. The van der Waals surface area contributed by atoms with E-state index in [0.29, 0.717) is 12.3 Å². The van der Waals surface area contributed by atoms with Gasteiger partial charge in [-0.25, -0.2) is 0 Å². The first-order chi connectivity index (χ1) is 13.6. The zero-order chi connectivity index (χ0) is 19.8. The molecule has 0 saturated carbocycles. The summed E-state index contributed by atoms with van der Waals surface area (Å²) in [5, 5.41) is 2.81. The number of hydrogen-bond acceptors (Lipinski definition) is 3. The molecule has 1 N–H and O–H groups in total. The minimum atomic E-state index is -0.194. The van der Waals surface area contributed by atoms with E-state index < -0.39 is 0 Å². The highest BCUT2D eigenvalue weighted by atomic mass is 79.9. The summed E-state index contributed by atoms with van der Waals surface area (Å²) >= 11 is 3.42. The van der Waals surface area contributed by atoms with Crippen LogP contribution < -0.4 is 14.8 Å². The molecule has 0 aliphatic heterocycles. The molecule has 0 aliphatic carbocycles. The summed E-state index contributed by atoms with van der Waals surface area (Å²) < 4.78 is 11.9. The predicted octanol–water partition coefficient (Wildman–Crippen LogP) is 5.69. The Hall–Kier alpha value is -3.05. The van der Waals surface area contributed by atoms with Crippen LogP contribution in [0.15, 0.2) is 83.3 Å². The van der Waals surface area contributed by atoms with Gasteiger partial charge in [-0.3, -0.25) is 4.79 Å². The van der Waals surface area contributed by atoms with E-state index in [1.165, 1.54) is 6.08 Å². The van der Waals surface area contributed by atoms with E-state index in [1.54, 1.807) is 37.5 Å². The molecule has 0 bridgehead atoms. The smallest absolute Gasteiger partial charge is 0.248 e. The summed E-state index contributed by atoms with van der Waals surface area (Å²) in [6.07, 6.45) is 3.26. The van der Waals surface area contributed by atoms with E-state index in [-0.39, 0.29) is 5.91 Å². The number of carbonyl (C=O) groups is 1. The van der Waals surface area contributed by atoms with Crippen LogP contribution in [0.2, 0.25) is 0 Å². The lowest BCUT2D eigenvalue weighted by molar-refractivity contribution is -0.111. The van der Waals surface area contributed by atoms with E-state index in [2.05, 4.69) is 21.2 Å². The highest BCUT2D eigenvalue weighted by Crippen LogP contribution is 2.17. The molecular formula is C23H20BrNO3. The maximum atomic E-state index is 12.0. The number of carbonyl (C=O) groups excluding carboxylic acids is 1. The van der Waals surface area contributed by atoms with Crippen LogP contribution in [0, 0.1) is 0 Å². The molecule has 0 aromatic heterocycles. The van der Waals surface area contributed by atoms with Gasteiger partial charge in [-0.05, 0) is 65.7 Å². The number of methoxy groups -OCH3 is 1. The third kappa shape index (κ3) is 5.99. The number of halogens is 1. The van der Waals surface area contributed by atoms with Crippen LogP contribution in [0.5, 0.6) is 11.5 Å². The van der Waals surface area contributed by atoms with Crippen LogP contribution in [0.25, 0.3) is 6.08 Å². The Balaban J connectivity index is 1.51. The van der Waals surface area contributed by atoms with Crippen LogP contribution in [-0.4, -0.2) is 13.0 Å². The third-order valence-electron chi connectivity index (χ3n) is 3.98. The van der Waals surface area contributed by atoms with Crippen LogP contribution in [0.4, 0.5) is 5.69 Å². The van der Waals surface area contributed by atoms with Crippen molar-refractivity contribution in [3.8, 4) is 11.5 Å². The van der Waals surface area contributed by atoms with Crippen molar-refractivity contribution < 1.29 is 14.3 Å². The second-order valence-electron chi connectivity index (χ2n) is 6.04. The summed E-state index contributed by atoms with van der Waals surface area (Å²) in [7, 11) is 1.60. The summed E-state index contributed by atoms with van der Waals surface area (Å²) in [6.45, 7) is 0.507. The van der Waals surface area contributed by atoms with Crippen molar-refractivity contribution in [2.45, 2.75) is 6.61 Å². The summed E-state index contributed by atoms with van der Waals surface area (Å²) in [6, 6.07) is 22.8. The molecular weight excluding hydrogens is 418 g/mol. The second-order valence-corrected chi connectivity index (χ2v) is 6.95. The quantitative estimate of drug-likeness (QED) is 0.483. The van der Waals surface area contributed by atoms with Crippen molar-refractivity contribution in [2.75, 3.05) is 12.4 Å². The van der Waals surface area contributed by atoms with Crippen molar-refractivity contribution >= 4 is 33.6 Å². The topological polar surface area (TPSA) is 47.6 Å². The Kier molecular flexibility index (Phi) is 6.87. The lowest BCUT2D eigenvalue weighted by Crippen LogP contribution is -2.07. The Morgan fingerprint density at radius 1 is 0.929 bits per heavy atom. The van der Waals surface area contributed by atoms with Crippen LogP contribution in [-0.2, 0) is 11.4 Å². The summed E-state index contributed by atoms with van der Waals surface area (Å²) in [4.78, 5) is 12.0. The van der Waals surface area contributed by atoms with Crippen LogP contribution >= 0.6 is 15.9 Å². The van der Waals surface area contributed by atoms with E-state index >= 15 is 0 Å². The first-order valence-electron chi connectivity index (χ1n) is 8.73. The number of nitrogens with one attached hydrogen (secondary N) is 1. The van der Waals surface area contributed by atoms with Crippen molar-refractivity contribution in [3.63, 3.8) is 0 Å². The SMILES string of the molecule is COc1ccc(NC(=O)/C=C/c2ccc(OCc3ccc(Br)cc3)cc2)cc1. The molecule has 4 nitrogen and oxygen atoms in total. The van der Waals surface area contributed by atoms with Gasteiger partial charge >= 0.3 is 0 Å². The molecule has 142 valence electrons. The summed E-state index contributed by atoms with van der Waals surface area (Å²) in [5.41, 5.74) is 2.73. The summed E-state index contributed by atoms with van der Waals surface area (Å²) in [5.74, 6) is 1.33. The van der Waals surface area contributed by atoms with Crippen molar-refractivity contribution in [1.29, 1.82) is 0 Å². The normalized spacial score (nSPS) is 10.6. The molecule has 0 unspecified atom stereocenters. The number of hydrogen-bond donors (Lipinski definition) is 1. The Labute approximate surface area is 172 Å². The molecule has 5 heteroatoms. The average Bonchev–Trinajstić information content (AvgIpc) is 2.73. The van der Waals surface area contributed by atoms with E-state index in [1.807, 2.05) is 48.5 Å². The lowest BCUT2D eigenvalue weighted by atomic mass is 10.2. The van der Waals surface area contributed by atoms with Crippen LogP contribution in [0.3, 0.4) is 0 Å². The molecule has 3 rings (SSSR count). The number of rotatable bonds is 7. The largest absolute Gasteiger partial charge is 0.497 e. The lowest BCUT2D eigenvalue weighted by Gasteiger charge is -2.07. The first-order valence-corrected chi connectivity index (χ1v) is 9.52. The maximum absolute atomic E-state index is 12.0. The van der Waals surface area contributed by atoms with Gasteiger partial charge < -0.3 is 14.8 Å². The van der Waals surface area contributed by atoms with E-state index in [9.17, 15) is 4.79 Å². The second kappa shape index (κ2) is 9.76. The predicted molar refractivity (Wildman–Crippen MR) is 116 cm³/mol. The highest BCUT2D eigenvalue weighted by Gasteiger charge is 2.00. The molecule has 1 amide bonds. The van der Waals surface area contributed by atoms with Gasteiger partial charge in [-0.15, -0.1) is 0 Å². The van der Waals surface area contributed by atoms with Crippen molar-refractivity contribution in [3.05, 3.63) is 94.5 Å². The molecule has 0 aliphatic rings. The Bertz CT molecular complexity index is 933. The monoisotopic (exact) mass is 437 g/mol. The fourth-order valence-electron chi connectivity index (χ4n) is 2.45. The zero-order valence-corrected chi connectivity index (χ0v) is 17.0. The number of ether oxygens (including phenoxy) is 2. The number of amides is 1. The van der Waals surface area contributed by atoms with Gasteiger partial charge in [0, 0.05) is 16.2 Å². The molecule has 0 radical (unpaired) electrons. The van der Waals surface area contributed by atoms with Gasteiger partial charge in [0.25, 0.3) is 0 Å². The van der Waals surface area contributed by atoms with Gasteiger partial charge in [0.05, 0.1) is 7.11 Å². The minimum Gasteiger partial charge on any atom is -0.497 e. The fourth-order valence-corrected chi connectivity index (χ4v) is 2.72. The molecule has 0 spiro atoms. The molecule has 3 aromatic rings. The first kappa shape index (κ1) is 19.7. The fraction of sp³-hybridized carbons (Fsp3) is 0.0870. The molecule has 0 atom stereocenters. The Morgan fingerprint density at radius 3 is 2.21 bits per heavy atom. The number of benzene rings is 3. The molecule has 3 aromatic carbocycles. The van der Waals surface area contributed by atoms with Gasteiger partial charge in [-0.1, -0.05) is 40.2 Å². The highest BCUT2D eigenvalue weighted by molar-refractivity contribution is 9.10. The van der Waals surface area contributed by atoms with E-state index in [0.717, 1.165) is 27.1 Å². The molecule has 0 saturated heterocycles. The van der Waals surface area contributed by atoms with Crippen LogP contribution in [0.1, 0.15) is 11.1 Å². The minimum absolute atomic E-state index is 0.194. The van der Waals surface area contributed by atoms with Crippen molar-refractivity contribution in [1.82, 2.24) is 0 Å². The van der Waals surface area contributed by atoms with Gasteiger partial charge in [-0.2, -0.15) is 0 Å². The zero-order valence-electron chi connectivity index (χ0n) is 15.4. The van der Waals surface area contributed by atoms with Gasteiger partial charge in [0.15, 0.2) is 0 Å². The Morgan fingerprint density at radius 2 is 1.57 bits per heavy atom. The van der Waals surface area contributed by atoms with Crippen molar-refractivity contribution in [2.24, 2.45) is 0 Å². The molecule has 28 heavy (non-hydrogen) atoms. The van der Waals surface area contributed by atoms with Gasteiger partial charge in [0.2, 0.25) is 5.91 Å². The average molecular weight is 438 g/mol. The third-order valence-corrected chi connectivity index (χ3v) is 4.51. The molecule has 0 fully saturated rings. The number of anilines is 1.